The second kappa shape index (κ2) is 5.45. The zero-order chi connectivity index (χ0) is 9.52. The third-order valence-electron chi connectivity index (χ3n) is 1.51. The highest BCUT2D eigenvalue weighted by Crippen LogP contribution is 2.09. The van der Waals surface area contributed by atoms with Crippen LogP contribution >= 0.6 is 0 Å². The van der Waals surface area contributed by atoms with Crippen molar-refractivity contribution in [3.8, 4) is 5.88 Å². The minimum atomic E-state index is 0.114. The molecule has 5 nitrogen and oxygen atoms in total. The third-order valence-corrected chi connectivity index (χ3v) is 1.51. The van der Waals surface area contributed by atoms with Gasteiger partial charge in [-0.3, -0.25) is 4.98 Å². The van der Waals surface area contributed by atoms with Crippen molar-refractivity contribution in [2.24, 2.45) is 0 Å². The largest absolute Gasteiger partial charge is 0.480 e. The molecule has 0 aliphatic heterocycles. The Bertz CT molecular complexity index is 255. The van der Waals surface area contributed by atoms with E-state index in [1.165, 1.54) is 0 Å². The summed E-state index contributed by atoms with van der Waals surface area (Å²) in [4.78, 5) is 8.08. The minimum Gasteiger partial charge on any atom is -0.480 e. The van der Waals surface area contributed by atoms with Crippen molar-refractivity contribution < 1.29 is 9.84 Å². The van der Waals surface area contributed by atoms with Gasteiger partial charge < -0.3 is 15.2 Å². The number of rotatable bonds is 5. The summed E-state index contributed by atoms with van der Waals surface area (Å²) in [6.45, 7) is 1.21. The van der Waals surface area contributed by atoms with Crippen molar-refractivity contribution in [2.45, 2.75) is 6.54 Å². The van der Waals surface area contributed by atoms with Crippen molar-refractivity contribution in [3.63, 3.8) is 0 Å². The minimum absolute atomic E-state index is 0.114. The van der Waals surface area contributed by atoms with Crippen molar-refractivity contribution in [3.05, 3.63) is 18.1 Å². The number of methoxy groups -OCH3 is 1. The normalized spacial score (nSPS) is 10.0. The van der Waals surface area contributed by atoms with Crippen molar-refractivity contribution in [1.82, 2.24) is 15.3 Å². The van der Waals surface area contributed by atoms with Crippen LogP contribution in [0.5, 0.6) is 5.88 Å². The first kappa shape index (κ1) is 9.88. The van der Waals surface area contributed by atoms with Crippen LogP contribution in [-0.2, 0) is 6.54 Å². The zero-order valence-corrected chi connectivity index (χ0v) is 7.53. The van der Waals surface area contributed by atoms with E-state index in [2.05, 4.69) is 15.3 Å². The highest BCUT2D eigenvalue weighted by Gasteiger charge is 2.02. The number of ether oxygens (including phenoxy) is 1. The Balaban J connectivity index is 2.54. The number of aliphatic hydroxyl groups excluding tert-OH is 1. The van der Waals surface area contributed by atoms with E-state index < -0.39 is 0 Å². The highest BCUT2D eigenvalue weighted by atomic mass is 16.5. The van der Waals surface area contributed by atoms with Gasteiger partial charge in [0.1, 0.15) is 5.69 Å². The van der Waals surface area contributed by atoms with Gasteiger partial charge in [-0.05, 0) is 0 Å². The number of nitrogens with one attached hydrogen (secondary N) is 1. The summed E-state index contributed by atoms with van der Waals surface area (Å²) in [5.41, 5.74) is 0.749. The molecular formula is C8H13N3O2. The molecule has 1 rings (SSSR count). The van der Waals surface area contributed by atoms with Crippen LogP contribution in [0.4, 0.5) is 0 Å². The lowest BCUT2D eigenvalue weighted by Crippen LogP contribution is -2.18. The quantitative estimate of drug-likeness (QED) is 0.606. The molecule has 0 saturated heterocycles. The van der Waals surface area contributed by atoms with Crippen molar-refractivity contribution >= 4 is 0 Å². The highest BCUT2D eigenvalue weighted by molar-refractivity contribution is 5.16. The maximum absolute atomic E-state index is 8.54. The van der Waals surface area contributed by atoms with Gasteiger partial charge in [-0.2, -0.15) is 0 Å². The molecule has 2 N–H and O–H groups in total. The molecule has 0 radical (unpaired) electrons. The lowest BCUT2D eigenvalue weighted by atomic mass is 10.4. The van der Waals surface area contributed by atoms with Gasteiger partial charge >= 0.3 is 0 Å². The number of nitrogens with zero attached hydrogens (tertiary/aromatic N) is 2. The number of hydrogen-bond acceptors (Lipinski definition) is 5. The summed E-state index contributed by atoms with van der Waals surface area (Å²) in [5.74, 6) is 0.521. The van der Waals surface area contributed by atoms with E-state index in [9.17, 15) is 0 Å². The van der Waals surface area contributed by atoms with E-state index in [1.807, 2.05) is 0 Å². The van der Waals surface area contributed by atoms with E-state index in [4.69, 9.17) is 9.84 Å². The second-order valence-corrected chi connectivity index (χ2v) is 2.41. The zero-order valence-electron chi connectivity index (χ0n) is 7.53. The van der Waals surface area contributed by atoms with Crippen LogP contribution in [0.25, 0.3) is 0 Å². The predicted molar refractivity (Wildman–Crippen MR) is 47.4 cm³/mol. The van der Waals surface area contributed by atoms with Crippen LogP contribution in [-0.4, -0.2) is 35.3 Å². The molecule has 0 unspecified atom stereocenters. The molecule has 0 amide bonds. The first-order valence-electron chi connectivity index (χ1n) is 4.04. The lowest BCUT2D eigenvalue weighted by Gasteiger charge is -2.05. The average molecular weight is 183 g/mol. The van der Waals surface area contributed by atoms with E-state index in [0.29, 0.717) is 19.0 Å². The SMILES string of the molecule is COc1nccnc1CNCCO. The maximum atomic E-state index is 8.54. The number of hydrogen-bond donors (Lipinski definition) is 2. The van der Waals surface area contributed by atoms with Crippen LogP contribution < -0.4 is 10.1 Å². The van der Waals surface area contributed by atoms with E-state index in [-0.39, 0.29) is 6.61 Å². The lowest BCUT2D eigenvalue weighted by molar-refractivity contribution is 0.291. The maximum Gasteiger partial charge on any atom is 0.236 e. The fourth-order valence-corrected chi connectivity index (χ4v) is 0.932. The van der Waals surface area contributed by atoms with Gasteiger partial charge in [0.15, 0.2) is 0 Å². The van der Waals surface area contributed by atoms with Gasteiger partial charge in [-0.15, -0.1) is 0 Å². The Hall–Kier alpha value is -1.20. The summed E-state index contributed by atoms with van der Waals surface area (Å²) in [6.07, 6.45) is 3.19. The van der Waals surface area contributed by atoms with Gasteiger partial charge in [-0.1, -0.05) is 0 Å². The summed E-state index contributed by atoms with van der Waals surface area (Å²) in [6, 6.07) is 0. The molecule has 0 aliphatic rings. The van der Waals surface area contributed by atoms with Crippen molar-refractivity contribution in [1.29, 1.82) is 0 Å². The molecule has 0 aromatic carbocycles. The smallest absolute Gasteiger partial charge is 0.236 e. The van der Waals surface area contributed by atoms with Gasteiger partial charge in [0, 0.05) is 25.5 Å². The predicted octanol–water partition coefficient (Wildman–Crippen LogP) is -0.433. The molecule has 0 saturated carbocycles. The van der Waals surface area contributed by atoms with Crippen LogP contribution in [0.15, 0.2) is 12.4 Å². The molecular weight excluding hydrogens is 170 g/mol. The summed E-state index contributed by atoms with van der Waals surface area (Å²) >= 11 is 0. The molecule has 0 fully saturated rings. The monoisotopic (exact) mass is 183 g/mol. The fourth-order valence-electron chi connectivity index (χ4n) is 0.932. The molecule has 0 atom stereocenters. The van der Waals surface area contributed by atoms with Crippen LogP contribution in [0, 0.1) is 0 Å². The van der Waals surface area contributed by atoms with Crippen LogP contribution in [0.2, 0.25) is 0 Å². The molecule has 5 heteroatoms. The van der Waals surface area contributed by atoms with E-state index >= 15 is 0 Å². The van der Waals surface area contributed by atoms with E-state index in [1.54, 1.807) is 19.5 Å². The topological polar surface area (TPSA) is 67.3 Å². The van der Waals surface area contributed by atoms with Crippen LogP contribution in [0.3, 0.4) is 0 Å². The Morgan fingerprint density at radius 2 is 2.23 bits per heavy atom. The van der Waals surface area contributed by atoms with Crippen LogP contribution in [0.1, 0.15) is 5.69 Å². The molecule has 1 aromatic rings. The van der Waals surface area contributed by atoms with Crippen molar-refractivity contribution in [2.75, 3.05) is 20.3 Å². The molecule has 1 aromatic heterocycles. The molecule has 72 valence electrons. The Morgan fingerprint density at radius 1 is 1.46 bits per heavy atom. The fraction of sp³-hybridized carbons (Fsp3) is 0.500. The number of aromatic nitrogens is 2. The van der Waals surface area contributed by atoms with Gasteiger partial charge in [0.25, 0.3) is 0 Å². The van der Waals surface area contributed by atoms with Gasteiger partial charge in [0.2, 0.25) is 5.88 Å². The molecule has 13 heavy (non-hydrogen) atoms. The van der Waals surface area contributed by atoms with E-state index in [0.717, 1.165) is 5.69 Å². The molecule has 0 bridgehead atoms. The Labute approximate surface area is 76.8 Å². The standard InChI is InChI=1S/C8H13N3O2/c1-13-8-7(6-9-4-5-12)10-2-3-11-8/h2-3,9,12H,4-6H2,1H3. The molecule has 0 aliphatic carbocycles. The molecule has 0 spiro atoms. The Morgan fingerprint density at radius 3 is 2.92 bits per heavy atom. The third kappa shape index (κ3) is 2.96. The number of aliphatic hydroxyl groups is 1. The average Bonchev–Trinajstić information content (AvgIpc) is 2.19. The molecule has 1 heterocycles. The van der Waals surface area contributed by atoms with Gasteiger partial charge in [0.05, 0.1) is 13.7 Å². The summed E-state index contributed by atoms with van der Waals surface area (Å²) in [5, 5.41) is 11.5. The van der Waals surface area contributed by atoms with Gasteiger partial charge in [-0.25, -0.2) is 4.98 Å². The summed E-state index contributed by atoms with van der Waals surface area (Å²) < 4.78 is 5.00. The Kier molecular flexibility index (Phi) is 4.14. The first-order chi connectivity index (χ1) is 6.38. The summed E-state index contributed by atoms with van der Waals surface area (Å²) in [7, 11) is 1.56. The second-order valence-electron chi connectivity index (χ2n) is 2.41. The first-order valence-corrected chi connectivity index (χ1v) is 4.04.